The van der Waals surface area contributed by atoms with Crippen molar-refractivity contribution in [1.29, 1.82) is 5.26 Å². The molecule has 4 nitrogen and oxygen atoms in total. The number of carbonyl (C=O) groups is 1. The minimum Gasteiger partial charge on any atom is -0.530 e. The van der Waals surface area contributed by atoms with Crippen molar-refractivity contribution in [2.45, 2.75) is 19.4 Å². The number of carbonyl (C=O) groups excluding carboxylic acids is 1. The highest BCUT2D eigenvalue weighted by Crippen LogP contribution is 1.84. The zero-order chi connectivity index (χ0) is 7.28. The van der Waals surface area contributed by atoms with E-state index in [-0.39, 0.29) is 12.5 Å². The van der Waals surface area contributed by atoms with Gasteiger partial charge < -0.3 is 15.2 Å². The van der Waals surface area contributed by atoms with Crippen LogP contribution in [-0.2, 0) is 0 Å². The van der Waals surface area contributed by atoms with Crippen molar-refractivity contribution in [3.05, 3.63) is 0 Å². The second-order valence-electron chi connectivity index (χ2n) is 1.70. The Bertz CT molecular complexity index is 138. The Morgan fingerprint density at radius 2 is 2.56 bits per heavy atom. The smallest absolute Gasteiger partial charge is 0.134 e. The van der Waals surface area contributed by atoms with E-state index in [0.29, 0.717) is 0 Å². The first-order valence-electron chi connectivity index (χ1n) is 2.51. The SMILES string of the molecule is CC(CC#N)NC(=O)[O-]. The van der Waals surface area contributed by atoms with Gasteiger partial charge in [0, 0.05) is 6.04 Å². The molecule has 9 heavy (non-hydrogen) atoms. The Morgan fingerprint density at radius 3 is 2.89 bits per heavy atom. The Balaban J connectivity index is 3.40. The van der Waals surface area contributed by atoms with Crippen molar-refractivity contribution in [1.82, 2.24) is 5.32 Å². The molecule has 1 atom stereocenters. The van der Waals surface area contributed by atoms with Crippen LogP contribution in [0.25, 0.3) is 0 Å². The van der Waals surface area contributed by atoms with Gasteiger partial charge in [-0.1, -0.05) is 0 Å². The molecule has 0 spiro atoms. The third-order valence-corrected chi connectivity index (χ3v) is 0.762. The van der Waals surface area contributed by atoms with E-state index >= 15 is 0 Å². The van der Waals surface area contributed by atoms with Gasteiger partial charge in [-0.3, -0.25) is 0 Å². The van der Waals surface area contributed by atoms with Gasteiger partial charge in [0.05, 0.1) is 12.5 Å². The average molecular weight is 127 g/mol. The molecule has 0 bridgehead atoms. The van der Waals surface area contributed by atoms with Crippen LogP contribution in [-0.4, -0.2) is 12.1 Å². The maximum Gasteiger partial charge on any atom is 0.134 e. The van der Waals surface area contributed by atoms with Crippen LogP contribution < -0.4 is 10.4 Å². The van der Waals surface area contributed by atoms with Gasteiger partial charge in [-0.05, 0) is 6.92 Å². The fourth-order valence-electron chi connectivity index (χ4n) is 0.389. The standard InChI is InChI=1S/C5H8N2O2/c1-4(2-3-6)7-5(8)9/h4,7H,2H2,1H3,(H,8,9)/p-1. The van der Waals surface area contributed by atoms with Crippen LogP contribution in [0, 0.1) is 11.3 Å². The third-order valence-electron chi connectivity index (χ3n) is 0.762. The van der Waals surface area contributed by atoms with E-state index in [9.17, 15) is 9.90 Å². The molecular weight excluding hydrogens is 120 g/mol. The van der Waals surface area contributed by atoms with Crippen molar-refractivity contribution in [3.63, 3.8) is 0 Å². The van der Waals surface area contributed by atoms with Gasteiger partial charge >= 0.3 is 0 Å². The lowest BCUT2D eigenvalue weighted by molar-refractivity contribution is -0.251. The number of hydrogen-bond donors (Lipinski definition) is 1. The fraction of sp³-hybridized carbons (Fsp3) is 0.600. The van der Waals surface area contributed by atoms with Crippen LogP contribution in [0.1, 0.15) is 13.3 Å². The predicted molar refractivity (Wildman–Crippen MR) is 28.2 cm³/mol. The average Bonchev–Trinajstić information content (AvgIpc) is 1.63. The van der Waals surface area contributed by atoms with Crippen LogP contribution in [0.15, 0.2) is 0 Å². The van der Waals surface area contributed by atoms with Gasteiger partial charge in [0.15, 0.2) is 0 Å². The summed E-state index contributed by atoms with van der Waals surface area (Å²) in [4.78, 5) is 9.75. The molecule has 1 amide bonds. The zero-order valence-corrected chi connectivity index (χ0v) is 5.05. The summed E-state index contributed by atoms with van der Waals surface area (Å²) >= 11 is 0. The normalized spacial score (nSPS) is 11.6. The summed E-state index contributed by atoms with van der Waals surface area (Å²) in [6.45, 7) is 1.60. The molecule has 1 unspecified atom stereocenters. The summed E-state index contributed by atoms with van der Waals surface area (Å²) in [5.41, 5.74) is 0. The van der Waals surface area contributed by atoms with E-state index in [1.807, 2.05) is 11.4 Å². The molecule has 0 aliphatic rings. The molecule has 50 valence electrons. The zero-order valence-electron chi connectivity index (χ0n) is 5.05. The van der Waals surface area contributed by atoms with E-state index in [2.05, 4.69) is 0 Å². The van der Waals surface area contributed by atoms with E-state index in [1.165, 1.54) is 0 Å². The summed E-state index contributed by atoms with van der Waals surface area (Å²) in [7, 11) is 0. The topological polar surface area (TPSA) is 76.0 Å². The van der Waals surface area contributed by atoms with Crippen LogP contribution in [0.4, 0.5) is 4.79 Å². The van der Waals surface area contributed by atoms with Gasteiger partial charge in [0.25, 0.3) is 0 Å². The molecule has 0 heterocycles. The van der Waals surface area contributed by atoms with Gasteiger partial charge in [-0.2, -0.15) is 5.26 Å². The number of nitriles is 1. The molecule has 0 radical (unpaired) electrons. The highest BCUT2D eigenvalue weighted by atomic mass is 16.4. The number of nitrogens with zero attached hydrogens (tertiary/aromatic N) is 1. The lowest BCUT2D eigenvalue weighted by Crippen LogP contribution is -2.41. The first-order chi connectivity index (χ1) is 4.16. The summed E-state index contributed by atoms with van der Waals surface area (Å²) in [6.07, 6.45) is -1.16. The van der Waals surface area contributed by atoms with Gasteiger partial charge in [-0.15, -0.1) is 0 Å². The lowest BCUT2D eigenvalue weighted by Gasteiger charge is -2.10. The second kappa shape index (κ2) is 3.72. The molecule has 0 aromatic heterocycles. The van der Waals surface area contributed by atoms with Crippen molar-refractivity contribution < 1.29 is 9.90 Å². The molecule has 0 aliphatic carbocycles. The minimum atomic E-state index is -1.34. The van der Waals surface area contributed by atoms with Crippen LogP contribution in [0.5, 0.6) is 0 Å². The quantitative estimate of drug-likeness (QED) is 0.528. The molecule has 0 fully saturated rings. The molecule has 0 aromatic rings. The summed E-state index contributed by atoms with van der Waals surface area (Å²) in [5, 5.41) is 19.8. The van der Waals surface area contributed by atoms with Crippen LogP contribution in [0.2, 0.25) is 0 Å². The van der Waals surface area contributed by atoms with E-state index < -0.39 is 6.09 Å². The molecule has 4 heteroatoms. The van der Waals surface area contributed by atoms with E-state index in [1.54, 1.807) is 6.92 Å². The largest absolute Gasteiger partial charge is 0.530 e. The molecule has 0 aliphatic heterocycles. The predicted octanol–water partition coefficient (Wildman–Crippen LogP) is -0.779. The highest BCUT2D eigenvalue weighted by Gasteiger charge is 1.96. The van der Waals surface area contributed by atoms with Crippen LogP contribution >= 0.6 is 0 Å². The summed E-state index contributed by atoms with van der Waals surface area (Å²) in [6, 6.07) is 1.49. The number of rotatable bonds is 2. The van der Waals surface area contributed by atoms with Gasteiger partial charge in [0.1, 0.15) is 6.09 Å². The first kappa shape index (κ1) is 7.76. The van der Waals surface area contributed by atoms with Crippen molar-refractivity contribution in [2.75, 3.05) is 0 Å². The number of nitrogens with one attached hydrogen (secondary N) is 1. The van der Waals surface area contributed by atoms with Crippen molar-refractivity contribution >= 4 is 6.09 Å². The minimum absolute atomic E-state index is 0.175. The van der Waals surface area contributed by atoms with Crippen molar-refractivity contribution in [3.8, 4) is 6.07 Å². The summed E-state index contributed by atoms with van der Waals surface area (Å²) in [5.74, 6) is 0. The fourth-order valence-corrected chi connectivity index (χ4v) is 0.389. The molecular formula is C5H7N2O2-. The Labute approximate surface area is 53.1 Å². The second-order valence-corrected chi connectivity index (χ2v) is 1.70. The lowest BCUT2D eigenvalue weighted by atomic mass is 10.3. The Hall–Kier alpha value is -1.24. The van der Waals surface area contributed by atoms with Crippen LogP contribution in [0.3, 0.4) is 0 Å². The Morgan fingerprint density at radius 1 is 2.00 bits per heavy atom. The number of hydrogen-bond acceptors (Lipinski definition) is 3. The third kappa shape index (κ3) is 4.62. The molecule has 0 aromatic carbocycles. The molecule has 1 N–H and O–H groups in total. The van der Waals surface area contributed by atoms with E-state index in [4.69, 9.17) is 5.26 Å². The maximum absolute atomic E-state index is 9.75. The number of carboxylic acid groups (broad SMARTS) is 1. The van der Waals surface area contributed by atoms with E-state index in [0.717, 1.165) is 0 Å². The van der Waals surface area contributed by atoms with Crippen molar-refractivity contribution in [2.24, 2.45) is 0 Å². The summed E-state index contributed by atoms with van der Waals surface area (Å²) < 4.78 is 0. The van der Waals surface area contributed by atoms with Gasteiger partial charge in [0.2, 0.25) is 0 Å². The molecule has 0 saturated carbocycles. The number of amides is 1. The monoisotopic (exact) mass is 127 g/mol. The van der Waals surface area contributed by atoms with Gasteiger partial charge in [-0.25, -0.2) is 0 Å². The molecule has 0 saturated heterocycles. The first-order valence-corrected chi connectivity index (χ1v) is 2.51. The Kier molecular flexibility index (Phi) is 3.21. The highest BCUT2D eigenvalue weighted by molar-refractivity contribution is 5.62. The molecule has 0 rings (SSSR count). The maximum atomic E-state index is 9.75.